The van der Waals surface area contributed by atoms with Crippen molar-refractivity contribution in [3.8, 4) is 17.6 Å². The van der Waals surface area contributed by atoms with E-state index in [1.807, 2.05) is 36.4 Å². The van der Waals surface area contributed by atoms with Crippen molar-refractivity contribution in [3.05, 3.63) is 59.7 Å². The number of benzene rings is 2. The molecule has 1 amide bonds. The molecule has 0 bridgehead atoms. The zero-order valence-electron chi connectivity index (χ0n) is 15.6. The van der Waals surface area contributed by atoms with E-state index in [-0.39, 0.29) is 18.9 Å². The van der Waals surface area contributed by atoms with Crippen LogP contribution in [0.2, 0.25) is 0 Å². The number of nitrogens with zero attached hydrogens (tertiary/aromatic N) is 2. The summed E-state index contributed by atoms with van der Waals surface area (Å²) in [5.41, 5.74) is 1.37. The van der Waals surface area contributed by atoms with E-state index >= 15 is 0 Å². The maximum atomic E-state index is 12.7. The van der Waals surface area contributed by atoms with Crippen LogP contribution in [0.25, 0.3) is 0 Å². The fourth-order valence-electron chi connectivity index (χ4n) is 2.60. The predicted octanol–water partition coefficient (Wildman–Crippen LogP) is 2.84. The third-order valence-electron chi connectivity index (χ3n) is 4.03. The molecule has 146 valence electrons. The lowest BCUT2D eigenvalue weighted by Crippen LogP contribution is -2.35. The second-order valence-corrected chi connectivity index (χ2v) is 6.06. The highest BCUT2D eigenvalue weighted by Gasteiger charge is 2.16. The van der Waals surface area contributed by atoms with Crippen molar-refractivity contribution in [2.75, 3.05) is 20.3 Å². The highest BCUT2D eigenvalue weighted by Crippen LogP contribution is 2.27. The molecule has 2 rings (SSSR count). The van der Waals surface area contributed by atoms with Gasteiger partial charge in [-0.2, -0.15) is 5.26 Å². The molecular formula is C21H22N2O5. The summed E-state index contributed by atoms with van der Waals surface area (Å²) in [6, 6.07) is 16.2. The Hall–Kier alpha value is -3.53. The highest BCUT2D eigenvalue weighted by molar-refractivity contribution is 5.78. The van der Waals surface area contributed by atoms with E-state index in [0.717, 1.165) is 5.56 Å². The lowest BCUT2D eigenvalue weighted by molar-refractivity contribution is -0.138. The molecule has 7 nitrogen and oxygen atoms in total. The van der Waals surface area contributed by atoms with Gasteiger partial charge in [-0.05, 0) is 24.1 Å². The molecule has 0 aliphatic carbocycles. The van der Waals surface area contributed by atoms with Gasteiger partial charge in [-0.1, -0.05) is 30.3 Å². The molecule has 7 heteroatoms. The van der Waals surface area contributed by atoms with Crippen molar-refractivity contribution in [2.24, 2.45) is 0 Å². The van der Waals surface area contributed by atoms with Gasteiger partial charge < -0.3 is 19.5 Å². The second kappa shape index (κ2) is 10.6. The summed E-state index contributed by atoms with van der Waals surface area (Å²) in [5.74, 6) is -0.432. The summed E-state index contributed by atoms with van der Waals surface area (Å²) < 4.78 is 10.8. The van der Waals surface area contributed by atoms with Crippen molar-refractivity contribution in [1.82, 2.24) is 4.90 Å². The summed E-state index contributed by atoms with van der Waals surface area (Å²) >= 11 is 0. The molecule has 0 heterocycles. The van der Waals surface area contributed by atoms with Gasteiger partial charge >= 0.3 is 5.97 Å². The van der Waals surface area contributed by atoms with Crippen LogP contribution in [0, 0.1) is 11.3 Å². The van der Waals surface area contributed by atoms with Crippen molar-refractivity contribution in [1.29, 1.82) is 5.26 Å². The van der Waals surface area contributed by atoms with E-state index in [1.165, 1.54) is 13.2 Å². The maximum absolute atomic E-state index is 12.7. The Balaban J connectivity index is 2.04. The van der Waals surface area contributed by atoms with E-state index in [2.05, 4.69) is 0 Å². The van der Waals surface area contributed by atoms with Crippen LogP contribution in [-0.4, -0.2) is 42.1 Å². The molecule has 0 aromatic heterocycles. The van der Waals surface area contributed by atoms with Crippen molar-refractivity contribution >= 4 is 11.9 Å². The molecule has 0 atom stereocenters. The van der Waals surface area contributed by atoms with Gasteiger partial charge in [0.1, 0.15) is 0 Å². The molecule has 28 heavy (non-hydrogen) atoms. The number of methoxy groups -OCH3 is 1. The number of ether oxygens (including phenoxy) is 2. The minimum atomic E-state index is -0.898. The normalized spacial score (nSPS) is 10.0. The Morgan fingerprint density at radius 2 is 1.89 bits per heavy atom. The van der Waals surface area contributed by atoms with Gasteiger partial charge in [-0.3, -0.25) is 9.59 Å². The van der Waals surface area contributed by atoms with E-state index < -0.39 is 5.97 Å². The number of nitriles is 1. The van der Waals surface area contributed by atoms with E-state index in [1.54, 1.807) is 17.0 Å². The van der Waals surface area contributed by atoms with E-state index in [9.17, 15) is 9.59 Å². The van der Waals surface area contributed by atoms with E-state index in [0.29, 0.717) is 36.6 Å². The first-order valence-electron chi connectivity index (χ1n) is 8.78. The van der Waals surface area contributed by atoms with Crippen LogP contribution in [-0.2, 0) is 16.1 Å². The van der Waals surface area contributed by atoms with Gasteiger partial charge in [0.25, 0.3) is 5.91 Å². The molecule has 1 N–H and O–H groups in total. The van der Waals surface area contributed by atoms with Gasteiger partial charge in [0.15, 0.2) is 18.1 Å². The van der Waals surface area contributed by atoms with Crippen molar-refractivity contribution in [2.45, 2.75) is 19.4 Å². The number of carboxylic acid groups (broad SMARTS) is 1. The largest absolute Gasteiger partial charge is 0.493 e. The molecule has 0 spiro atoms. The third kappa shape index (κ3) is 6.32. The van der Waals surface area contributed by atoms with Crippen LogP contribution < -0.4 is 9.47 Å². The number of amides is 1. The number of hydrogen-bond acceptors (Lipinski definition) is 5. The lowest BCUT2D eigenvalue weighted by atomic mass is 10.2. The topological polar surface area (TPSA) is 99.9 Å². The molecule has 0 saturated carbocycles. The SMILES string of the molecule is COc1cc(C#N)ccc1OCC(=O)N(CCCC(=O)O)Cc1ccccc1. The minimum absolute atomic E-state index is 0.0110. The number of carbonyl (C=O) groups excluding carboxylic acids is 1. The quantitative estimate of drug-likeness (QED) is 0.678. The van der Waals surface area contributed by atoms with E-state index in [4.69, 9.17) is 19.8 Å². The molecule has 0 fully saturated rings. The Labute approximate surface area is 163 Å². The van der Waals surface area contributed by atoms with Gasteiger partial charge in [0.05, 0.1) is 18.7 Å². The smallest absolute Gasteiger partial charge is 0.303 e. The van der Waals surface area contributed by atoms with Crippen LogP contribution in [0.3, 0.4) is 0 Å². The zero-order valence-corrected chi connectivity index (χ0v) is 15.6. The molecule has 0 aliphatic rings. The molecule has 0 radical (unpaired) electrons. The molecule has 0 aliphatic heterocycles. The molecular weight excluding hydrogens is 360 g/mol. The number of rotatable bonds is 10. The summed E-state index contributed by atoms with van der Waals surface area (Å²) in [4.78, 5) is 25.0. The van der Waals surface area contributed by atoms with Crippen molar-refractivity contribution < 1.29 is 24.2 Å². The number of hydrogen-bond donors (Lipinski definition) is 1. The summed E-state index contributed by atoms with van der Waals surface area (Å²) in [5, 5.41) is 17.8. The molecule has 0 unspecified atom stereocenters. The Kier molecular flexibility index (Phi) is 7.85. The van der Waals surface area contributed by atoms with Crippen LogP contribution >= 0.6 is 0 Å². The van der Waals surface area contributed by atoms with Crippen molar-refractivity contribution in [3.63, 3.8) is 0 Å². The maximum Gasteiger partial charge on any atom is 0.303 e. The third-order valence-corrected chi connectivity index (χ3v) is 4.03. The predicted molar refractivity (Wildman–Crippen MR) is 102 cm³/mol. The van der Waals surface area contributed by atoms with Gasteiger partial charge in [0, 0.05) is 25.6 Å². The van der Waals surface area contributed by atoms with Crippen LogP contribution in [0.1, 0.15) is 24.0 Å². The number of carbonyl (C=O) groups is 2. The number of carboxylic acids is 1. The van der Waals surface area contributed by atoms with Crippen LogP contribution in [0.4, 0.5) is 0 Å². The first-order chi connectivity index (χ1) is 13.5. The van der Waals surface area contributed by atoms with Crippen LogP contribution in [0.15, 0.2) is 48.5 Å². The molecule has 0 saturated heterocycles. The average Bonchev–Trinajstić information content (AvgIpc) is 2.71. The fourth-order valence-corrected chi connectivity index (χ4v) is 2.60. The molecule has 2 aromatic carbocycles. The zero-order chi connectivity index (χ0) is 20.4. The lowest BCUT2D eigenvalue weighted by Gasteiger charge is -2.23. The van der Waals surface area contributed by atoms with Gasteiger partial charge in [0.2, 0.25) is 0 Å². The summed E-state index contributed by atoms with van der Waals surface area (Å²) in [6.07, 6.45) is 0.344. The standard InChI is InChI=1S/C21H22N2O5/c1-27-19-12-17(13-22)9-10-18(19)28-15-20(24)23(11-5-8-21(25)26)14-16-6-3-2-4-7-16/h2-4,6-7,9-10,12H,5,8,11,14-15H2,1H3,(H,25,26). The summed E-state index contributed by atoms with van der Waals surface area (Å²) in [7, 11) is 1.46. The minimum Gasteiger partial charge on any atom is -0.493 e. The molecule has 2 aromatic rings. The van der Waals surface area contributed by atoms with Gasteiger partial charge in [-0.15, -0.1) is 0 Å². The fraction of sp³-hybridized carbons (Fsp3) is 0.286. The summed E-state index contributed by atoms with van der Waals surface area (Å²) in [6.45, 7) is 0.462. The number of aliphatic carboxylic acids is 1. The Bertz CT molecular complexity index is 846. The average molecular weight is 382 g/mol. The second-order valence-electron chi connectivity index (χ2n) is 6.06. The van der Waals surface area contributed by atoms with Crippen LogP contribution in [0.5, 0.6) is 11.5 Å². The Morgan fingerprint density at radius 3 is 2.54 bits per heavy atom. The highest BCUT2D eigenvalue weighted by atomic mass is 16.5. The van der Waals surface area contributed by atoms with Gasteiger partial charge in [-0.25, -0.2) is 0 Å². The monoisotopic (exact) mass is 382 g/mol. The first-order valence-corrected chi connectivity index (χ1v) is 8.78. The first kappa shape index (κ1) is 20.8. The Morgan fingerprint density at radius 1 is 1.14 bits per heavy atom.